The van der Waals surface area contributed by atoms with Crippen molar-refractivity contribution in [2.24, 2.45) is 10.2 Å². The Morgan fingerprint density at radius 1 is 1.31 bits per heavy atom. The van der Waals surface area contributed by atoms with Gasteiger partial charge in [-0.2, -0.15) is 0 Å². The monoisotopic (exact) mass is 186 g/mol. The second-order valence-corrected chi connectivity index (χ2v) is 2.80. The van der Waals surface area contributed by atoms with Gasteiger partial charge in [0.15, 0.2) is 0 Å². The number of nitrogens with zero attached hydrogens (tertiary/aromatic N) is 2. The van der Waals surface area contributed by atoms with Crippen molar-refractivity contribution in [2.45, 2.75) is 33.8 Å². The molecule has 0 saturated carbocycles. The summed E-state index contributed by atoms with van der Waals surface area (Å²) in [6.07, 6.45) is -0.971. The van der Waals surface area contributed by atoms with E-state index in [0.717, 1.165) is 0 Å². The summed E-state index contributed by atoms with van der Waals surface area (Å²) < 4.78 is 4.68. The summed E-state index contributed by atoms with van der Waals surface area (Å²) in [5.74, 6) is 0.0288. The Bertz CT molecular complexity index is 240. The van der Waals surface area contributed by atoms with Gasteiger partial charge in [0.1, 0.15) is 5.76 Å². The zero-order valence-electron chi connectivity index (χ0n) is 8.24. The van der Waals surface area contributed by atoms with E-state index in [2.05, 4.69) is 15.0 Å². The molecule has 0 aromatic carbocycles. The van der Waals surface area contributed by atoms with E-state index in [4.69, 9.17) is 5.11 Å². The molecular formula is C8H14N2O3. The van der Waals surface area contributed by atoms with Crippen LogP contribution in [0.3, 0.4) is 0 Å². The van der Waals surface area contributed by atoms with Gasteiger partial charge < -0.3 is 9.84 Å². The van der Waals surface area contributed by atoms with Crippen molar-refractivity contribution in [3.63, 3.8) is 0 Å². The Labute approximate surface area is 77.1 Å². The van der Waals surface area contributed by atoms with Crippen LogP contribution >= 0.6 is 0 Å². The summed E-state index contributed by atoms with van der Waals surface area (Å²) >= 11 is 0. The lowest BCUT2D eigenvalue weighted by molar-refractivity contribution is 0.124. The van der Waals surface area contributed by atoms with Crippen LogP contribution in [0.2, 0.25) is 0 Å². The molecule has 0 aromatic rings. The molecule has 74 valence electrons. The number of allylic oxidation sites excluding steroid dienone is 2. The van der Waals surface area contributed by atoms with E-state index < -0.39 is 6.09 Å². The smallest absolute Gasteiger partial charge is 0.452 e. The molecule has 0 heterocycles. The van der Waals surface area contributed by atoms with Crippen molar-refractivity contribution in [3.8, 4) is 0 Å². The number of carbonyl (C=O) groups is 1. The number of amides is 1. The Hall–Kier alpha value is -1.39. The number of hydrogen-bond donors (Lipinski definition) is 1. The van der Waals surface area contributed by atoms with Crippen LogP contribution in [0.15, 0.2) is 21.7 Å². The predicted octanol–water partition coefficient (Wildman–Crippen LogP) is 2.79. The van der Waals surface area contributed by atoms with E-state index in [1.54, 1.807) is 20.8 Å². The van der Waals surface area contributed by atoms with Gasteiger partial charge in [-0.1, -0.05) is 5.11 Å². The average molecular weight is 186 g/mol. The molecule has 1 N–H and O–H groups in total. The van der Waals surface area contributed by atoms with Crippen molar-refractivity contribution < 1.29 is 14.6 Å². The van der Waals surface area contributed by atoms with Crippen molar-refractivity contribution in [1.29, 1.82) is 0 Å². The molecule has 0 aliphatic heterocycles. The van der Waals surface area contributed by atoms with E-state index in [1.807, 2.05) is 0 Å². The van der Waals surface area contributed by atoms with Crippen molar-refractivity contribution >= 4 is 6.09 Å². The maximum absolute atomic E-state index is 10.8. The fourth-order valence-electron chi connectivity index (χ4n) is 0.413. The van der Waals surface area contributed by atoms with Gasteiger partial charge in [0, 0.05) is 0 Å². The first-order chi connectivity index (χ1) is 5.93. The molecule has 0 radical (unpaired) electrons. The zero-order chi connectivity index (χ0) is 10.4. The SMILES string of the molecule is C/C(O)=C(C)/N=N/C(=O)OC(C)C. The molecule has 0 saturated heterocycles. The first kappa shape index (κ1) is 11.6. The van der Waals surface area contributed by atoms with Gasteiger partial charge in [-0.25, -0.2) is 4.79 Å². The molecule has 0 unspecified atom stereocenters. The summed E-state index contributed by atoms with van der Waals surface area (Å²) in [5, 5.41) is 15.6. The van der Waals surface area contributed by atoms with Gasteiger partial charge in [0.25, 0.3) is 0 Å². The third kappa shape index (κ3) is 5.84. The lowest BCUT2D eigenvalue weighted by Crippen LogP contribution is -2.06. The maximum Gasteiger partial charge on any atom is 0.452 e. The van der Waals surface area contributed by atoms with Gasteiger partial charge >= 0.3 is 6.09 Å². The minimum Gasteiger partial charge on any atom is -0.511 e. The highest BCUT2D eigenvalue weighted by Gasteiger charge is 2.02. The molecule has 0 rings (SSSR count). The summed E-state index contributed by atoms with van der Waals surface area (Å²) in [7, 11) is 0. The number of hydrogen-bond acceptors (Lipinski definition) is 4. The number of aliphatic hydroxyl groups is 1. The molecular weight excluding hydrogens is 172 g/mol. The van der Waals surface area contributed by atoms with Crippen LogP contribution in [0.25, 0.3) is 0 Å². The van der Waals surface area contributed by atoms with Crippen molar-refractivity contribution in [2.75, 3.05) is 0 Å². The lowest BCUT2D eigenvalue weighted by Gasteiger charge is -2.02. The average Bonchev–Trinajstić information content (AvgIpc) is 1.98. The standard InChI is InChI=1S/C8H14N2O3/c1-5(2)13-8(12)10-9-6(3)7(4)11/h5,11H,1-4H3/b7-6-,10-9+. The van der Waals surface area contributed by atoms with E-state index in [1.165, 1.54) is 6.92 Å². The quantitative estimate of drug-likeness (QED) is 0.532. The molecule has 0 aliphatic rings. The molecule has 0 aromatic heterocycles. The van der Waals surface area contributed by atoms with Crippen LogP contribution in [0.1, 0.15) is 27.7 Å². The van der Waals surface area contributed by atoms with Gasteiger partial charge in [0.05, 0.1) is 11.8 Å². The number of aliphatic hydroxyl groups excluding tert-OH is 1. The fourth-order valence-corrected chi connectivity index (χ4v) is 0.413. The largest absolute Gasteiger partial charge is 0.511 e. The number of ether oxygens (including phenoxy) is 1. The minimum atomic E-state index is -0.754. The maximum atomic E-state index is 10.8. The van der Waals surface area contributed by atoms with Gasteiger partial charge in [-0.15, -0.1) is 5.11 Å². The van der Waals surface area contributed by atoms with Crippen molar-refractivity contribution in [3.05, 3.63) is 11.5 Å². The third-order valence-electron chi connectivity index (χ3n) is 1.14. The molecule has 13 heavy (non-hydrogen) atoms. The summed E-state index contributed by atoms with van der Waals surface area (Å²) in [6, 6.07) is 0. The molecule has 0 fully saturated rings. The third-order valence-corrected chi connectivity index (χ3v) is 1.14. The van der Waals surface area contributed by atoms with Crippen LogP contribution in [-0.2, 0) is 4.74 Å². The number of rotatable bonds is 2. The normalized spacial score (nSPS) is 13.3. The van der Waals surface area contributed by atoms with E-state index in [0.29, 0.717) is 5.70 Å². The molecule has 0 spiro atoms. The lowest BCUT2D eigenvalue weighted by atomic mass is 10.4. The molecule has 5 heteroatoms. The van der Waals surface area contributed by atoms with Crippen LogP contribution in [0, 0.1) is 0 Å². The van der Waals surface area contributed by atoms with E-state index in [9.17, 15) is 4.79 Å². The molecule has 0 atom stereocenters. The minimum absolute atomic E-state index is 0.0288. The summed E-state index contributed by atoms with van der Waals surface area (Å²) in [4.78, 5) is 10.8. The highest BCUT2D eigenvalue weighted by Crippen LogP contribution is 2.02. The second-order valence-electron chi connectivity index (χ2n) is 2.80. The first-order valence-electron chi connectivity index (χ1n) is 3.92. The first-order valence-corrected chi connectivity index (χ1v) is 3.92. The number of carbonyl (C=O) groups excluding carboxylic acids is 1. The van der Waals surface area contributed by atoms with Crippen molar-refractivity contribution in [1.82, 2.24) is 0 Å². The Balaban J connectivity index is 4.14. The highest BCUT2D eigenvalue weighted by atomic mass is 16.6. The molecule has 0 bridgehead atoms. The van der Waals surface area contributed by atoms with E-state index in [-0.39, 0.29) is 11.9 Å². The predicted molar refractivity (Wildman–Crippen MR) is 47.5 cm³/mol. The zero-order valence-corrected chi connectivity index (χ0v) is 8.24. The molecule has 0 aliphatic carbocycles. The van der Waals surface area contributed by atoms with Crippen LogP contribution < -0.4 is 0 Å². The van der Waals surface area contributed by atoms with Gasteiger partial charge in [-0.3, -0.25) is 0 Å². The molecule has 1 amide bonds. The topological polar surface area (TPSA) is 71.2 Å². The Kier molecular flexibility index (Phi) is 4.72. The Morgan fingerprint density at radius 2 is 1.85 bits per heavy atom. The van der Waals surface area contributed by atoms with Crippen LogP contribution in [0.4, 0.5) is 4.79 Å². The molecule has 5 nitrogen and oxygen atoms in total. The fraction of sp³-hybridized carbons (Fsp3) is 0.625. The van der Waals surface area contributed by atoms with Gasteiger partial charge in [-0.05, 0) is 27.7 Å². The summed E-state index contributed by atoms with van der Waals surface area (Å²) in [5.41, 5.74) is 0.292. The van der Waals surface area contributed by atoms with E-state index >= 15 is 0 Å². The number of azo groups is 1. The van der Waals surface area contributed by atoms with Crippen LogP contribution in [-0.4, -0.2) is 17.3 Å². The second kappa shape index (κ2) is 5.29. The van der Waals surface area contributed by atoms with Gasteiger partial charge in [0.2, 0.25) is 0 Å². The Morgan fingerprint density at radius 3 is 2.23 bits per heavy atom. The summed E-state index contributed by atoms with van der Waals surface area (Å²) in [6.45, 7) is 6.43. The highest BCUT2D eigenvalue weighted by molar-refractivity contribution is 5.67. The van der Waals surface area contributed by atoms with Crippen LogP contribution in [0.5, 0.6) is 0 Å².